The molecule has 25 heavy (non-hydrogen) atoms. The minimum atomic E-state index is -0.116. The van der Waals surface area contributed by atoms with Crippen molar-refractivity contribution in [2.45, 2.75) is 32.1 Å². The van der Waals surface area contributed by atoms with Crippen LogP contribution in [0.25, 0.3) is 0 Å². The van der Waals surface area contributed by atoms with Crippen molar-refractivity contribution in [3.63, 3.8) is 0 Å². The molecule has 1 aromatic carbocycles. The average molecular weight is 340 g/mol. The molecule has 5 heteroatoms. The Balaban J connectivity index is 1.40. The zero-order chi connectivity index (χ0) is 17.6. The summed E-state index contributed by atoms with van der Waals surface area (Å²) in [6.45, 7) is 5.34. The number of carbonyl (C=O) groups is 1. The van der Waals surface area contributed by atoms with Crippen LogP contribution in [-0.4, -0.2) is 43.5 Å². The molecule has 5 nitrogen and oxygen atoms in total. The number of benzene rings is 1. The highest BCUT2D eigenvalue weighted by atomic mass is 16.1. The highest BCUT2D eigenvalue weighted by molar-refractivity contribution is 5.76. The Morgan fingerprint density at radius 3 is 2.52 bits per heavy atom. The number of carbonyl (C=O) groups excluding carboxylic acids is 1. The molecule has 1 aliphatic heterocycles. The molecule has 0 unspecified atom stereocenters. The lowest BCUT2D eigenvalue weighted by molar-refractivity contribution is -0.123. The van der Waals surface area contributed by atoms with Gasteiger partial charge in [-0.2, -0.15) is 5.26 Å². The first kappa shape index (κ1) is 17.8. The van der Waals surface area contributed by atoms with Crippen molar-refractivity contribution in [3.8, 4) is 6.07 Å². The second-order valence-corrected chi connectivity index (χ2v) is 7.40. The van der Waals surface area contributed by atoms with Crippen LogP contribution in [0.2, 0.25) is 0 Å². The van der Waals surface area contributed by atoms with Gasteiger partial charge < -0.3 is 10.6 Å². The number of primary amides is 1. The molecule has 1 saturated carbocycles. The van der Waals surface area contributed by atoms with E-state index in [0.717, 1.165) is 75.6 Å². The van der Waals surface area contributed by atoms with Gasteiger partial charge in [0, 0.05) is 37.8 Å². The highest BCUT2D eigenvalue weighted by Crippen LogP contribution is 2.30. The summed E-state index contributed by atoms with van der Waals surface area (Å²) < 4.78 is 0. The summed E-state index contributed by atoms with van der Waals surface area (Å²) in [5, 5.41) is 9.04. The van der Waals surface area contributed by atoms with Gasteiger partial charge in [0.05, 0.1) is 11.6 Å². The maximum absolute atomic E-state index is 11.2. The standard InChI is InChI=1S/C20H28N4O/c21-15-17-2-1-3-19(14-17)24-12-10-23(11-13-24)9-8-16-4-6-18(7-5-16)20(22)25/h1-3,14,16,18H,4-13H2,(H2,22,25). The molecule has 2 fully saturated rings. The van der Waals surface area contributed by atoms with Crippen molar-refractivity contribution in [2.24, 2.45) is 17.6 Å². The Bertz CT molecular complexity index is 623. The van der Waals surface area contributed by atoms with Gasteiger partial charge in [0.15, 0.2) is 0 Å². The molecule has 134 valence electrons. The number of nitriles is 1. The van der Waals surface area contributed by atoms with Crippen LogP contribution in [0.1, 0.15) is 37.7 Å². The molecule has 0 radical (unpaired) electrons. The quantitative estimate of drug-likeness (QED) is 0.893. The zero-order valence-electron chi connectivity index (χ0n) is 14.9. The van der Waals surface area contributed by atoms with E-state index in [2.05, 4.69) is 21.9 Å². The molecule has 1 aromatic rings. The van der Waals surface area contributed by atoms with Crippen molar-refractivity contribution >= 4 is 11.6 Å². The van der Waals surface area contributed by atoms with E-state index in [1.54, 1.807) is 0 Å². The van der Waals surface area contributed by atoms with Crippen LogP contribution < -0.4 is 10.6 Å². The van der Waals surface area contributed by atoms with Crippen molar-refractivity contribution in [1.29, 1.82) is 5.26 Å². The van der Waals surface area contributed by atoms with E-state index in [1.807, 2.05) is 18.2 Å². The minimum Gasteiger partial charge on any atom is -0.369 e. The monoisotopic (exact) mass is 340 g/mol. The number of anilines is 1. The molecule has 3 rings (SSSR count). The Morgan fingerprint density at radius 1 is 1.16 bits per heavy atom. The van der Waals surface area contributed by atoms with Gasteiger partial charge in [0.2, 0.25) is 5.91 Å². The fraction of sp³-hybridized carbons (Fsp3) is 0.600. The number of hydrogen-bond donors (Lipinski definition) is 1. The van der Waals surface area contributed by atoms with E-state index >= 15 is 0 Å². The van der Waals surface area contributed by atoms with Crippen LogP contribution in [0, 0.1) is 23.2 Å². The Kier molecular flexibility index (Phi) is 5.93. The van der Waals surface area contributed by atoms with Gasteiger partial charge in [-0.15, -0.1) is 0 Å². The first-order valence-electron chi connectivity index (χ1n) is 9.42. The SMILES string of the molecule is N#Cc1cccc(N2CCN(CCC3CCC(C(N)=O)CC3)CC2)c1. The third kappa shape index (κ3) is 4.73. The van der Waals surface area contributed by atoms with E-state index in [9.17, 15) is 4.79 Å². The van der Waals surface area contributed by atoms with Crippen LogP contribution in [0.5, 0.6) is 0 Å². The van der Waals surface area contributed by atoms with Crippen LogP contribution in [0.15, 0.2) is 24.3 Å². The molecule has 2 N–H and O–H groups in total. The number of hydrogen-bond acceptors (Lipinski definition) is 4. The largest absolute Gasteiger partial charge is 0.369 e. The van der Waals surface area contributed by atoms with E-state index in [1.165, 1.54) is 6.42 Å². The molecular weight excluding hydrogens is 312 g/mol. The molecule has 1 aliphatic carbocycles. The summed E-state index contributed by atoms with van der Waals surface area (Å²) in [4.78, 5) is 16.2. The average Bonchev–Trinajstić information content (AvgIpc) is 2.67. The maximum Gasteiger partial charge on any atom is 0.220 e. The van der Waals surface area contributed by atoms with E-state index in [4.69, 9.17) is 11.0 Å². The number of nitrogens with zero attached hydrogens (tertiary/aromatic N) is 3. The zero-order valence-corrected chi connectivity index (χ0v) is 14.9. The Morgan fingerprint density at radius 2 is 1.88 bits per heavy atom. The number of amides is 1. The first-order chi connectivity index (χ1) is 12.2. The maximum atomic E-state index is 11.2. The minimum absolute atomic E-state index is 0.115. The molecule has 1 amide bonds. The molecule has 0 bridgehead atoms. The number of rotatable bonds is 5. The third-order valence-corrected chi connectivity index (χ3v) is 5.82. The second-order valence-electron chi connectivity index (χ2n) is 7.40. The summed E-state index contributed by atoms with van der Waals surface area (Å²) in [5.41, 5.74) is 7.30. The third-order valence-electron chi connectivity index (χ3n) is 5.82. The summed E-state index contributed by atoms with van der Waals surface area (Å²) >= 11 is 0. The van der Waals surface area contributed by atoms with Gasteiger partial charge in [-0.05, 0) is 62.8 Å². The van der Waals surface area contributed by atoms with Crippen molar-refractivity contribution < 1.29 is 4.79 Å². The van der Waals surface area contributed by atoms with Crippen LogP contribution >= 0.6 is 0 Å². The molecule has 0 atom stereocenters. The Labute approximate surface area is 150 Å². The summed E-state index contributed by atoms with van der Waals surface area (Å²) in [6, 6.07) is 10.1. The molecule has 1 heterocycles. The molecule has 2 aliphatic rings. The van der Waals surface area contributed by atoms with Crippen molar-refractivity contribution in [1.82, 2.24) is 4.90 Å². The van der Waals surface area contributed by atoms with Gasteiger partial charge in [0.1, 0.15) is 0 Å². The van der Waals surface area contributed by atoms with E-state index in [-0.39, 0.29) is 11.8 Å². The number of nitrogens with two attached hydrogens (primary N) is 1. The van der Waals surface area contributed by atoms with Crippen molar-refractivity contribution in [3.05, 3.63) is 29.8 Å². The summed E-state index contributed by atoms with van der Waals surface area (Å²) in [5.74, 6) is 0.750. The molecule has 0 spiro atoms. The van der Waals surface area contributed by atoms with E-state index in [0.29, 0.717) is 0 Å². The van der Waals surface area contributed by atoms with Crippen molar-refractivity contribution in [2.75, 3.05) is 37.6 Å². The van der Waals surface area contributed by atoms with Gasteiger partial charge in [0.25, 0.3) is 0 Å². The van der Waals surface area contributed by atoms with Gasteiger partial charge in [-0.3, -0.25) is 9.69 Å². The Hall–Kier alpha value is -2.06. The second kappa shape index (κ2) is 8.35. The van der Waals surface area contributed by atoms with Gasteiger partial charge >= 0.3 is 0 Å². The highest BCUT2D eigenvalue weighted by Gasteiger charge is 2.25. The van der Waals surface area contributed by atoms with Gasteiger partial charge in [-0.25, -0.2) is 0 Å². The van der Waals surface area contributed by atoms with Crippen LogP contribution in [0.4, 0.5) is 5.69 Å². The summed E-state index contributed by atoms with van der Waals surface area (Å²) in [6.07, 6.45) is 5.48. The predicted octanol–water partition coefficient (Wildman–Crippen LogP) is 2.36. The van der Waals surface area contributed by atoms with Crippen LogP contribution in [0.3, 0.4) is 0 Å². The smallest absolute Gasteiger partial charge is 0.220 e. The molecule has 0 aromatic heterocycles. The van der Waals surface area contributed by atoms with E-state index < -0.39 is 0 Å². The normalized spacial score (nSPS) is 24.7. The van der Waals surface area contributed by atoms with Crippen LogP contribution in [-0.2, 0) is 4.79 Å². The fourth-order valence-electron chi connectivity index (χ4n) is 4.10. The first-order valence-corrected chi connectivity index (χ1v) is 9.42. The lowest BCUT2D eigenvalue weighted by Gasteiger charge is -2.37. The van der Waals surface area contributed by atoms with Gasteiger partial charge in [-0.1, -0.05) is 6.07 Å². The fourth-order valence-corrected chi connectivity index (χ4v) is 4.10. The lowest BCUT2D eigenvalue weighted by atomic mass is 9.80. The molecular formula is C20H28N4O. The number of piperazine rings is 1. The summed E-state index contributed by atoms with van der Waals surface area (Å²) in [7, 11) is 0. The lowest BCUT2D eigenvalue weighted by Crippen LogP contribution is -2.47. The molecule has 1 saturated heterocycles. The topological polar surface area (TPSA) is 73.4 Å². The predicted molar refractivity (Wildman–Crippen MR) is 99.1 cm³/mol.